The molecule has 23 heavy (non-hydrogen) atoms. The van der Waals surface area contributed by atoms with Crippen molar-refractivity contribution in [3.8, 4) is 11.5 Å². The van der Waals surface area contributed by atoms with E-state index in [-0.39, 0.29) is 12.5 Å². The molecule has 0 aromatic heterocycles. The van der Waals surface area contributed by atoms with E-state index in [2.05, 4.69) is 10.5 Å². The lowest BCUT2D eigenvalue weighted by molar-refractivity contribution is -0.123. The fourth-order valence-electron chi connectivity index (χ4n) is 1.84. The highest BCUT2D eigenvalue weighted by atomic mass is 35.5. The van der Waals surface area contributed by atoms with Crippen LogP contribution in [0.1, 0.15) is 11.1 Å². The molecule has 0 saturated carbocycles. The van der Waals surface area contributed by atoms with E-state index in [0.29, 0.717) is 16.5 Å². The summed E-state index contributed by atoms with van der Waals surface area (Å²) < 4.78 is 10.5. The number of amides is 1. The maximum Gasteiger partial charge on any atom is 0.277 e. The van der Waals surface area contributed by atoms with Crippen LogP contribution >= 0.6 is 11.6 Å². The summed E-state index contributed by atoms with van der Waals surface area (Å²) in [5, 5.41) is 4.35. The van der Waals surface area contributed by atoms with Gasteiger partial charge in [0, 0.05) is 0 Å². The van der Waals surface area contributed by atoms with Crippen LogP contribution in [0.5, 0.6) is 11.5 Å². The first-order valence-corrected chi connectivity index (χ1v) is 7.32. The second-order valence-corrected chi connectivity index (χ2v) is 5.15. The van der Waals surface area contributed by atoms with E-state index in [1.807, 2.05) is 31.2 Å². The fraction of sp³-hybridized carbons (Fsp3) is 0.176. The molecule has 1 amide bonds. The molecule has 1 N–H and O–H groups in total. The van der Waals surface area contributed by atoms with Gasteiger partial charge < -0.3 is 9.47 Å². The lowest BCUT2D eigenvalue weighted by Gasteiger charge is -2.07. The minimum atomic E-state index is -0.343. The number of benzene rings is 2. The molecule has 0 bridgehead atoms. The average Bonchev–Trinajstić information content (AvgIpc) is 2.54. The van der Waals surface area contributed by atoms with Crippen molar-refractivity contribution in [1.82, 2.24) is 5.43 Å². The van der Waals surface area contributed by atoms with Gasteiger partial charge in [0.25, 0.3) is 5.91 Å². The van der Waals surface area contributed by atoms with E-state index in [9.17, 15) is 4.79 Å². The fourth-order valence-corrected chi connectivity index (χ4v) is 2.10. The van der Waals surface area contributed by atoms with E-state index >= 15 is 0 Å². The molecule has 0 aliphatic carbocycles. The Morgan fingerprint density at radius 2 is 2.04 bits per heavy atom. The van der Waals surface area contributed by atoms with Crippen molar-refractivity contribution < 1.29 is 14.3 Å². The molecule has 0 spiro atoms. The van der Waals surface area contributed by atoms with E-state index in [0.717, 1.165) is 11.1 Å². The molecular weight excluding hydrogens is 316 g/mol. The number of halogens is 1. The second-order valence-electron chi connectivity index (χ2n) is 4.74. The van der Waals surface area contributed by atoms with Crippen LogP contribution in [0, 0.1) is 6.92 Å². The lowest BCUT2D eigenvalue weighted by atomic mass is 10.2. The Labute approximate surface area is 139 Å². The van der Waals surface area contributed by atoms with Crippen molar-refractivity contribution in [2.24, 2.45) is 5.10 Å². The van der Waals surface area contributed by atoms with Gasteiger partial charge in [0.15, 0.2) is 6.61 Å². The number of carbonyl (C=O) groups is 1. The van der Waals surface area contributed by atoms with Crippen molar-refractivity contribution in [1.29, 1.82) is 0 Å². The highest BCUT2D eigenvalue weighted by Crippen LogP contribution is 2.24. The van der Waals surface area contributed by atoms with Gasteiger partial charge in [-0.25, -0.2) is 5.43 Å². The van der Waals surface area contributed by atoms with Crippen LogP contribution in [0.2, 0.25) is 5.02 Å². The number of rotatable bonds is 6. The molecule has 0 saturated heterocycles. The zero-order valence-electron chi connectivity index (χ0n) is 12.9. The molecular formula is C17H17ClN2O3. The summed E-state index contributed by atoms with van der Waals surface area (Å²) in [6.45, 7) is 1.81. The minimum absolute atomic E-state index is 0.106. The molecule has 2 rings (SSSR count). The highest BCUT2D eigenvalue weighted by Gasteiger charge is 2.03. The Balaban J connectivity index is 1.84. The van der Waals surface area contributed by atoms with Gasteiger partial charge in [-0.05, 0) is 42.3 Å². The Morgan fingerprint density at radius 3 is 2.74 bits per heavy atom. The number of hydrogen-bond donors (Lipinski definition) is 1. The third-order valence-corrected chi connectivity index (χ3v) is 3.33. The maximum absolute atomic E-state index is 11.7. The molecule has 0 fully saturated rings. The first-order chi connectivity index (χ1) is 11.1. The molecule has 0 unspecified atom stereocenters. The van der Waals surface area contributed by atoms with Crippen LogP contribution in [-0.4, -0.2) is 25.8 Å². The molecule has 120 valence electrons. The number of carbonyl (C=O) groups excluding carboxylic acids is 1. The molecule has 0 heterocycles. The van der Waals surface area contributed by atoms with E-state index < -0.39 is 0 Å². The predicted octanol–water partition coefficient (Wildman–Crippen LogP) is 3.19. The van der Waals surface area contributed by atoms with Gasteiger partial charge in [-0.2, -0.15) is 5.10 Å². The first-order valence-electron chi connectivity index (χ1n) is 6.94. The molecule has 0 atom stereocenters. The number of nitrogens with zero attached hydrogens (tertiary/aromatic N) is 1. The lowest BCUT2D eigenvalue weighted by Crippen LogP contribution is -2.24. The Morgan fingerprint density at radius 1 is 1.26 bits per heavy atom. The third-order valence-electron chi connectivity index (χ3n) is 3.03. The molecule has 2 aromatic rings. The number of aryl methyl sites for hydroxylation is 1. The number of para-hydroxylation sites is 1. The molecule has 2 aromatic carbocycles. The topological polar surface area (TPSA) is 59.9 Å². The standard InChI is InChI=1S/C17H17ClN2O3/c1-12-5-3-4-6-15(12)23-11-17(21)20-19-10-13-7-8-16(22-2)14(18)9-13/h3-10H,11H2,1-2H3,(H,20,21)/b19-10+. The summed E-state index contributed by atoms with van der Waals surface area (Å²) >= 11 is 6.01. The number of methoxy groups -OCH3 is 1. The monoisotopic (exact) mass is 332 g/mol. The number of ether oxygens (including phenoxy) is 2. The van der Waals surface area contributed by atoms with Gasteiger partial charge in [-0.3, -0.25) is 4.79 Å². The Bertz CT molecular complexity index is 717. The van der Waals surface area contributed by atoms with Crippen LogP contribution in [0.4, 0.5) is 0 Å². The summed E-state index contributed by atoms with van der Waals surface area (Å²) in [6.07, 6.45) is 1.50. The number of hydrazone groups is 1. The van der Waals surface area contributed by atoms with Gasteiger partial charge in [0.1, 0.15) is 11.5 Å². The highest BCUT2D eigenvalue weighted by molar-refractivity contribution is 6.32. The van der Waals surface area contributed by atoms with Crippen molar-refractivity contribution in [2.75, 3.05) is 13.7 Å². The predicted molar refractivity (Wildman–Crippen MR) is 90.4 cm³/mol. The minimum Gasteiger partial charge on any atom is -0.495 e. The van der Waals surface area contributed by atoms with Crippen LogP contribution in [0.25, 0.3) is 0 Å². The summed E-state index contributed by atoms with van der Waals surface area (Å²) in [5.74, 6) is 0.914. The largest absolute Gasteiger partial charge is 0.495 e. The normalized spacial score (nSPS) is 10.6. The Hall–Kier alpha value is -2.53. The van der Waals surface area contributed by atoms with Gasteiger partial charge in [-0.15, -0.1) is 0 Å². The smallest absolute Gasteiger partial charge is 0.277 e. The molecule has 0 aliphatic rings. The molecule has 0 aliphatic heterocycles. The van der Waals surface area contributed by atoms with E-state index in [1.54, 1.807) is 25.3 Å². The summed E-state index contributed by atoms with van der Waals surface area (Å²) in [6, 6.07) is 12.7. The maximum atomic E-state index is 11.7. The van der Waals surface area contributed by atoms with Gasteiger partial charge in [-0.1, -0.05) is 29.8 Å². The molecule has 5 nitrogen and oxygen atoms in total. The SMILES string of the molecule is COc1ccc(/C=N/NC(=O)COc2ccccc2C)cc1Cl. The van der Waals surface area contributed by atoms with Crippen molar-refractivity contribution >= 4 is 23.7 Å². The zero-order valence-corrected chi connectivity index (χ0v) is 13.6. The van der Waals surface area contributed by atoms with Gasteiger partial charge >= 0.3 is 0 Å². The summed E-state index contributed by atoms with van der Waals surface area (Å²) in [5.41, 5.74) is 4.12. The van der Waals surface area contributed by atoms with Crippen molar-refractivity contribution in [3.63, 3.8) is 0 Å². The zero-order chi connectivity index (χ0) is 16.7. The van der Waals surface area contributed by atoms with E-state index in [1.165, 1.54) is 6.21 Å². The van der Waals surface area contributed by atoms with E-state index in [4.69, 9.17) is 21.1 Å². The average molecular weight is 333 g/mol. The van der Waals surface area contributed by atoms with Crippen molar-refractivity contribution in [2.45, 2.75) is 6.92 Å². The van der Waals surface area contributed by atoms with Crippen LogP contribution < -0.4 is 14.9 Å². The first kappa shape index (κ1) is 16.8. The quantitative estimate of drug-likeness (QED) is 0.653. The Kier molecular flexibility index (Phi) is 6.00. The number of nitrogens with one attached hydrogen (secondary N) is 1. The summed E-state index contributed by atoms with van der Waals surface area (Å²) in [7, 11) is 1.55. The molecule has 6 heteroatoms. The van der Waals surface area contributed by atoms with Crippen molar-refractivity contribution in [3.05, 3.63) is 58.6 Å². The van der Waals surface area contributed by atoms with Crippen LogP contribution in [-0.2, 0) is 4.79 Å². The number of hydrogen-bond acceptors (Lipinski definition) is 4. The second kappa shape index (κ2) is 8.19. The van der Waals surface area contributed by atoms with Gasteiger partial charge in [0.2, 0.25) is 0 Å². The molecule has 0 radical (unpaired) electrons. The van der Waals surface area contributed by atoms with Crippen LogP contribution in [0.15, 0.2) is 47.6 Å². The van der Waals surface area contributed by atoms with Gasteiger partial charge in [0.05, 0.1) is 18.3 Å². The summed E-state index contributed by atoms with van der Waals surface area (Å²) in [4.78, 5) is 11.7. The van der Waals surface area contributed by atoms with Crippen LogP contribution in [0.3, 0.4) is 0 Å². The third kappa shape index (κ3) is 5.00.